The van der Waals surface area contributed by atoms with Crippen LogP contribution in [0.1, 0.15) is 12.5 Å². The van der Waals surface area contributed by atoms with Crippen molar-refractivity contribution >= 4 is 11.8 Å². The van der Waals surface area contributed by atoms with Crippen molar-refractivity contribution in [2.45, 2.75) is 24.3 Å². The molecule has 2 nitrogen and oxygen atoms in total. The second-order valence-corrected chi connectivity index (χ2v) is 5.43. The zero-order valence-corrected chi connectivity index (χ0v) is 11.5. The van der Waals surface area contributed by atoms with Crippen molar-refractivity contribution in [3.05, 3.63) is 29.8 Å². The molecule has 3 heteroatoms. The summed E-state index contributed by atoms with van der Waals surface area (Å²) >= 11 is 1.80. The number of nitrogens with zero attached hydrogens (tertiary/aromatic N) is 1. The van der Waals surface area contributed by atoms with Crippen LogP contribution in [0.15, 0.2) is 29.2 Å². The minimum Gasteiger partial charge on any atom is -0.379 e. The highest BCUT2D eigenvalue weighted by Crippen LogP contribution is 2.17. The van der Waals surface area contributed by atoms with Gasteiger partial charge in [-0.05, 0) is 37.3 Å². The lowest BCUT2D eigenvalue weighted by Crippen LogP contribution is -2.43. The van der Waals surface area contributed by atoms with Crippen LogP contribution in [0.3, 0.4) is 0 Å². The fourth-order valence-corrected chi connectivity index (χ4v) is 2.66. The van der Waals surface area contributed by atoms with Gasteiger partial charge in [-0.3, -0.25) is 4.90 Å². The summed E-state index contributed by atoms with van der Waals surface area (Å²) in [7, 11) is 0. The van der Waals surface area contributed by atoms with Crippen LogP contribution >= 0.6 is 11.8 Å². The zero-order chi connectivity index (χ0) is 12.1. The molecule has 1 aromatic carbocycles. The van der Waals surface area contributed by atoms with Gasteiger partial charge in [-0.25, -0.2) is 0 Å². The molecule has 94 valence electrons. The molecule has 1 aliphatic heterocycles. The Labute approximate surface area is 108 Å². The summed E-state index contributed by atoms with van der Waals surface area (Å²) in [5.74, 6) is 0. The van der Waals surface area contributed by atoms with E-state index >= 15 is 0 Å². The molecule has 1 unspecified atom stereocenters. The molecule has 0 bridgehead atoms. The summed E-state index contributed by atoms with van der Waals surface area (Å²) in [5, 5.41) is 0. The number of rotatable bonds is 4. The number of hydrogen-bond acceptors (Lipinski definition) is 3. The highest BCUT2D eigenvalue weighted by Gasteiger charge is 2.16. The summed E-state index contributed by atoms with van der Waals surface area (Å²) in [6, 6.07) is 9.54. The molecule has 0 amide bonds. The average molecular weight is 251 g/mol. The van der Waals surface area contributed by atoms with Gasteiger partial charge in [0.1, 0.15) is 0 Å². The van der Waals surface area contributed by atoms with Gasteiger partial charge >= 0.3 is 0 Å². The molecule has 0 spiro atoms. The van der Waals surface area contributed by atoms with Crippen LogP contribution in [0.4, 0.5) is 0 Å². The van der Waals surface area contributed by atoms with Crippen molar-refractivity contribution in [1.82, 2.24) is 4.90 Å². The van der Waals surface area contributed by atoms with E-state index in [0.29, 0.717) is 6.04 Å². The van der Waals surface area contributed by atoms with Gasteiger partial charge in [0.25, 0.3) is 0 Å². The maximum Gasteiger partial charge on any atom is 0.0594 e. The van der Waals surface area contributed by atoms with E-state index in [1.807, 2.05) is 0 Å². The number of hydrogen-bond donors (Lipinski definition) is 0. The minimum absolute atomic E-state index is 0.610. The maximum absolute atomic E-state index is 5.39. The summed E-state index contributed by atoms with van der Waals surface area (Å²) in [6.07, 6.45) is 3.25. The standard InChI is InChI=1S/C14H21NOS/c1-12(15-7-9-16-10-8-15)11-13-3-5-14(17-2)6-4-13/h3-6,12H,7-11H2,1-2H3. The van der Waals surface area contributed by atoms with E-state index in [-0.39, 0.29) is 0 Å². The Morgan fingerprint density at radius 1 is 1.24 bits per heavy atom. The minimum atomic E-state index is 0.610. The molecular formula is C14H21NOS. The number of thioether (sulfide) groups is 1. The summed E-state index contributed by atoms with van der Waals surface area (Å²) in [4.78, 5) is 3.86. The third-order valence-corrected chi connectivity index (χ3v) is 4.10. The highest BCUT2D eigenvalue weighted by atomic mass is 32.2. The Morgan fingerprint density at radius 2 is 1.88 bits per heavy atom. The van der Waals surface area contributed by atoms with E-state index in [4.69, 9.17) is 4.74 Å². The van der Waals surface area contributed by atoms with E-state index in [1.165, 1.54) is 10.5 Å². The van der Waals surface area contributed by atoms with E-state index in [9.17, 15) is 0 Å². The van der Waals surface area contributed by atoms with Crippen LogP contribution in [0, 0.1) is 0 Å². The molecule has 17 heavy (non-hydrogen) atoms. The van der Waals surface area contributed by atoms with Gasteiger partial charge in [-0.2, -0.15) is 0 Å². The molecule has 0 aromatic heterocycles. The molecular weight excluding hydrogens is 230 g/mol. The van der Waals surface area contributed by atoms with Gasteiger partial charge < -0.3 is 4.74 Å². The third-order valence-electron chi connectivity index (χ3n) is 3.36. The molecule has 1 saturated heterocycles. The Morgan fingerprint density at radius 3 is 2.47 bits per heavy atom. The Balaban J connectivity index is 1.89. The first-order valence-corrected chi connectivity index (χ1v) is 7.47. The SMILES string of the molecule is CSc1ccc(CC(C)N2CCOCC2)cc1. The van der Waals surface area contributed by atoms with Crippen molar-refractivity contribution < 1.29 is 4.74 Å². The quantitative estimate of drug-likeness (QED) is 0.763. The molecule has 0 radical (unpaired) electrons. The second-order valence-electron chi connectivity index (χ2n) is 4.55. The van der Waals surface area contributed by atoms with Crippen LogP contribution in [0.5, 0.6) is 0 Å². The smallest absolute Gasteiger partial charge is 0.0594 e. The average Bonchev–Trinajstić information content (AvgIpc) is 2.40. The van der Waals surface area contributed by atoms with Crippen LogP contribution in [0.2, 0.25) is 0 Å². The number of morpholine rings is 1. The van der Waals surface area contributed by atoms with E-state index in [2.05, 4.69) is 42.3 Å². The van der Waals surface area contributed by atoms with Crippen LogP contribution in [-0.4, -0.2) is 43.5 Å². The molecule has 1 aromatic rings. The fourth-order valence-electron chi connectivity index (χ4n) is 2.25. The van der Waals surface area contributed by atoms with Gasteiger partial charge in [0.15, 0.2) is 0 Å². The van der Waals surface area contributed by atoms with E-state index < -0.39 is 0 Å². The lowest BCUT2D eigenvalue weighted by atomic mass is 10.1. The molecule has 0 saturated carbocycles. The molecule has 0 N–H and O–H groups in total. The second kappa shape index (κ2) is 6.43. The lowest BCUT2D eigenvalue weighted by molar-refractivity contribution is 0.0203. The summed E-state index contributed by atoms with van der Waals surface area (Å²) in [5.41, 5.74) is 1.43. The van der Waals surface area contributed by atoms with Gasteiger partial charge in [0, 0.05) is 24.0 Å². The normalized spacial score (nSPS) is 19.2. The van der Waals surface area contributed by atoms with Gasteiger partial charge in [-0.15, -0.1) is 11.8 Å². The third kappa shape index (κ3) is 3.73. The van der Waals surface area contributed by atoms with Crippen molar-refractivity contribution in [3.63, 3.8) is 0 Å². The van der Waals surface area contributed by atoms with Crippen LogP contribution < -0.4 is 0 Å². The lowest BCUT2D eigenvalue weighted by Gasteiger charge is -2.32. The van der Waals surface area contributed by atoms with E-state index in [1.54, 1.807) is 11.8 Å². The van der Waals surface area contributed by atoms with E-state index in [0.717, 1.165) is 32.7 Å². The van der Waals surface area contributed by atoms with Gasteiger partial charge in [0.2, 0.25) is 0 Å². The van der Waals surface area contributed by atoms with Crippen LogP contribution in [0.25, 0.3) is 0 Å². The summed E-state index contributed by atoms with van der Waals surface area (Å²) < 4.78 is 5.39. The molecule has 0 aliphatic carbocycles. The first kappa shape index (κ1) is 12.9. The zero-order valence-electron chi connectivity index (χ0n) is 10.7. The molecule has 2 rings (SSSR count). The van der Waals surface area contributed by atoms with Crippen LogP contribution in [-0.2, 0) is 11.2 Å². The maximum atomic E-state index is 5.39. The monoisotopic (exact) mass is 251 g/mol. The Hall–Kier alpha value is -0.510. The van der Waals surface area contributed by atoms with Crippen molar-refractivity contribution in [3.8, 4) is 0 Å². The molecule has 1 fully saturated rings. The first-order valence-electron chi connectivity index (χ1n) is 6.24. The van der Waals surface area contributed by atoms with Gasteiger partial charge in [0.05, 0.1) is 13.2 Å². The van der Waals surface area contributed by atoms with Crippen molar-refractivity contribution in [2.24, 2.45) is 0 Å². The van der Waals surface area contributed by atoms with Crippen molar-refractivity contribution in [1.29, 1.82) is 0 Å². The number of benzene rings is 1. The Kier molecular flexibility index (Phi) is 4.89. The fraction of sp³-hybridized carbons (Fsp3) is 0.571. The van der Waals surface area contributed by atoms with Gasteiger partial charge in [-0.1, -0.05) is 12.1 Å². The topological polar surface area (TPSA) is 12.5 Å². The van der Waals surface area contributed by atoms with Crippen molar-refractivity contribution in [2.75, 3.05) is 32.6 Å². The molecule has 1 heterocycles. The number of ether oxygens (including phenoxy) is 1. The molecule has 1 aliphatic rings. The molecule has 1 atom stereocenters. The summed E-state index contributed by atoms with van der Waals surface area (Å²) in [6.45, 7) is 6.23. The predicted octanol–water partition coefficient (Wildman–Crippen LogP) is 2.67. The largest absolute Gasteiger partial charge is 0.379 e. The first-order chi connectivity index (χ1) is 8.29. The Bertz CT molecular complexity index is 333. The highest BCUT2D eigenvalue weighted by molar-refractivity contribution is 7.98. The predicted molar refractivity (Wildman–Crippen MR) is 73.8 cm³/mol.